The molecule has 2 rings (SSSR count). The Kier molecular flexibility index (Phi) is 4.02. The summed E-state index contributed by atoms with van der Waals surface area (Å²) in [6, 6.07) is 5.31. The smallest absolute Gasteiger partial charge is 0.120 e. The van der Waals surface area contributed by atoms with Crippen LogP contribution in [0.2, 0.25) is 0 Å². The Balaban J connectivity index is 2.23. The molecule has 0 saturated carbocycles. The fraction of sp³-hybridized carbons (Fsp3) is 0.500. The van der Waals surface area contributed by atoms with Crippen molar-refractivity contribution in [3.63, 3.8) is 0 Å². The molecule has 1 saturated heterocycles. The molecule has 0 bridgehead atoms. The third kappa shape index (κ3) is 2.79. The summed E-state index contributed by atoms with van der Waals surface area (Å²) in [5.74, 6) is 0.712. The van der Waals surface area contributed by atoms with E-state index < -0.39 is 10.8 Å². The van der Waals surface area contributed by atoms with Crippen molar-refractivity contribution in [1.82, 2.24) is 0 Å². The molecular formula is C12H17NO3S. The van der Waals surface area contributed by atoms with Gasteiger partial charge in [-0.1, -0.05) is 0 Å². The first kappa shape index (κ1) is 12.4. The highest BCUT2D eigenvalue weighted by Crippen LogP contribution is 2.27. The quantitative estimate of drug-likeness (QED) is 0.829. The van der Waals surface area contributed by atoms with Gasteiger partial charge in [0, 0.05) is 12.3 Å². The van der Waals surface area contributed by atoms with E-state index >= 15 is 0 Å². The molecule has 1 heterocycles. The number of benzene rings is 1. The predicted octanol–water partition coefficient (Wildman–Crippen LogP) is 1.56. The Morgan fingerprint density at radius 2 is 2.41 bits per heavy atom. The standard InChI is InChI=1S/C12H17NO3S/c1-2-16-9-3-4-11(13)12(7-9)17(14)10-5-6-15-8-10/h3-4,7,10H,2,5-6,8,13H2,1H3. The molecule has 94 valence electrons. The van der Waals surface area contributed by atoms with E-state index in [0.29, 0.717) is 36.2 Å². The van der Waals surface area contributed by atoms with E-state index in [1.165, 1.54) is 0 Å². The first-order chi connectivity index (χ1) is 8.22. The van der Waals surface area contributed by atoms with Gasteiger partial charge in [0.15, 0.2) is 0 Å². The molecule has 1 aliphatic heterocycles. The lowest BCUT2D eigenvalue weighted by Gasteiger charge is -2.12. The van der Waals surface area contributed by atoms with Crippen LogP contribution in [0, 0.1) is 0 Å². The van der Waals surface area contributed by atoms with E-state index in [9.17, 15) is 4.21 Å². The molecule has 0 radical (unpaired) electrons. The Morgan fingerprint density at radius 1 is 1.59 bits per heavy atom. The lowest BCUT2D eigenvalue weighted by molar-refractivity contribution is 0.199. The largest absolute Gasteiger partial charge is 0.494 e. The molecule has 2 unspecified atom stereocenters. The van der Waals surface area contributed by atoms with Crippen molar-refractivity contribution in [2.45, 2.75) is 23.5 Å². The zero-order valence-corrected chi connectivity index (χ0v) is 10.7. The number of hydrogen-bond donors (Lipinski definition) is 1. The number of nitrogens with two attached hydrogens (primary N) is 1. The van der Waals surface area contributed by atoms with Gasteiger partial charge in [0.1, 0.15) is 5.75 Å². The SMILES string of the molecule is CCOc1ccc(N)c(S(=O)C2CCOC2)c1. The maximum absolute atomic E-state index is 12.3. The van der Waals surface area contributed by atoms with Crippen molar-refractivity contribution in [2.24, 2.45) is 0 Å². The van der Waals surface area contributed by atoms with Crippen LogP contribution in [-0.4, -0.2) is 29.3 Å². The lowest BCUT2D eigenvalue weighted by atomic mass is 10.3. The fourth-order valence-corrected chi connectivity index (χ4v) is 3.23. The summed E-state index contributed by atoms with van der Waals surface area (Å²) >= 11 is 0. The molecule has 1 aliphatic rings. The van der Waals surface area contributed by atoms with Gasteiger partial charge in [0.05, 0.1) is 34.2 Å². The monoisotopic (exact) mass is 255 g/mol. The number of anilines is 1. The van der Waals surface area contributed by atoms with E-state index in [0.717, 1.165) is 6.42 Å². The number of nitrogen functional groups attached to an aromatic ring is 1. The summed E-state index contributed by atoms with van der Waals surface area (Å²) < 4.78 is 23.0. The number of hydrogen-bond acceptors (Lipinski definition) is 4. The molecule has 0 amide bonds. The van der Waals surface area contributed by atoms with Gasteiger partial charge in [-0.3, -0.25) is 4.21 Å². The molecule has 0 aliphatic carbocycles. The first-order valence-electron chi connectivity index (χ1n) is 5.73. The van der Waals surface area contributed by atoms with Crippen molar-refractivity contribution in [2.75, 3.05) is 25.6 Å². The van der Waals surface area contributed by atoms with E-state index in [2.05, 4.69) is 0 Å². The minimum absolute atomic E-state index is 0.0502. The second-order valence-electron chi connectivity index (χ2n) is 3.92. The maximum atomic E-state index is 12.3. The van der Waals surface area contributed by atoms with Gasteiger partial charge >= 0.3 is 0 Å². The normalized spacial score (nSPS) is 21.4. The predicted molar refractivity (Wildman–Crippen MR) is 67.7 cm³/mol. The number of ether oxygens (including phenoxy) is 2. The summed E-state index contributed by atoms with van der Waals surface area (Å²) in [5.41, 5.74) is 6.42. The van der Waals surface area contributed by atoms with Gasteiger partial charge in [0.25, 0.3) is 0 Å². The van der Waals surface area contributed by atoms with Gasteiger partial charge in [-0.25, -0.2) is 0 Å². The Bertz CT molecular complexity index is 416. The molecule has 17 heavy (non-hydrogen) atoms. The van der Waals surface area contributed by atoms with E-state index in [1.807, 2.05) is 6.92 Å². The summed E-state index contributed by atoms with van der Waals surface area (Å²) in [7, 11) is -1.11. The second kappa shape index (κ2) is 5.51. The zero-order valence-electron chi connectivity index (χ0n) is 9.85. The molecule has 4 nitrogen and oxygen atoms in total. The van der Waals surface area contributed by atoms with Gasteiger partial charge in [-0.15, -0.1) is 0 Å². The van der Waals surface area contributed by atoms with Crippen LogP contribution in [0.1, 0.15) is 13.3 Å². The van der Waals surface area contributed by atoms with Gasteiger partial charge in [-0.05, 0) is 31.5 Å². The maximum Gasteiger partial charge on any atom is 0.120 e. The average Bonchev–Trinajstić information content (AvgIpc) is 2.85. The fourth-order valence-electron chi connectivity index (χ4n) is 1.81. The Hall–Kier alpha value is -1.07. The van der Waals surface area contributed by atoms with Crippen LogP contribution < -0.4 is 10.5 Å². The van der Waals surface area contributed by atoms with Crippen molar-refractivity contribution < 1.29 is 13.7 Å². The molecule has 0 spiro atoms. The average molecular weight is 255 g/mol. The van der Waals surface area contributed by atoms with Crippen molar-refractivity contribution >= 4 is 16.5 Å². The molecule has 2 N–H and O–H groups in total. The highest BCUT2D eigenvalue weighted by atomic mass is 32.2. The minimum Gasteiger partial charge on any atom is -0.494 e. The van der Waals surface area contributed by atoms with Crippen LogP contribution in [0.3, 0.4) is 0 Å². The van der Waals surface area contributed by atoms with Gasteiger partial charge in [0.2, 0.25) is 0 Å². The van der Waals surface area contributed by atoms with Crippen LogP contribution >= 0.6 is 0 Å². The minimum atomic E-state index is -1.11. The molecule has 2 atom stereocenters. The van der Waals surface area contributed by atoms with Crippen molar-refractivity contribution in [3.05, 3.63) is 18.2 Å². The van der Waals surface area contributed by atoms with Gasteiger partial charge < -0.3 is 15.2 Å². The summed E-state index contributed by atoms with van der Waals surface area (Å²) in [5, 5.41) is 0.0502. The molecule has 1 fully saturated rings. The highest BCUT2D eigenvalue weighted by molar-refractivity contribution is 7.85. The van der Waals surface area contributed by atoms with E-state index in [1.54, 1.807) is 18.2 Å². The van der Waals surface area contributed by atoms with Crippen LogP contribution in [0.4, 0.5) is 5.69 Å². The molecule has 5 heteroatoms. The highest BCUT2D eigenvalue weighted by Gasteiger charge is 2.25. The molecule has 0 aromatic heterocycles. The van der Waals surface area contributed by atoms with Crippen LogP contribution in [0.5, 0.6) is 5.75 Å². The summed E-state index contributed by atoms with van der Waals surface area (Å²) in [6.07, 6.45) is 0.824. The topological polar surface area (TPSA) is 61.5 Å². The van der Waals surface area contributed by atoms with Crippen LogP contribution in [-0.2, 0) is 15.5 Å². The Morgan fingerprint density at radius 3 is 3.06 bits per heavy atom. The summed E-state index contributed by atoms with van der Waals surface area (Å²) in [6.45, 7) is 3.73. The van der Waals surface area contributed by atoms with Crippen molar-refractivity contribution in [3.8, 4) is 5.75 Å². The first-order valence-corrected chi connectivity index (χ1v) is 6.94. The zero-order chi connectivity index (χ0) is 12.3. The third-order valence-electron chi connectivity index (χ3n) is 2.70. The van der Waals surface area contributed by atoms with Crippen LogP contribution in [0.25, 0.3) is 0 Å². The van der Waals surface area contributed by atoms with Crippen LogP contribution in [0.15, 0.2) is 23.1 Å². The second-order valence-corrected chi connectivity index (χ2v) is 5.62. The van der Waals surface area contributed by atoms with Crippen molar-refractivity contribution in [1.29, 1.82) is 0 Å². The summed E-state index contributed by atoms with van der Waals surface area (Å²) in [4.78, 5) is 0.659. The molecule has 1 aromatic rings. The van der Waals surface area contributed by atoms with Gasteiger partial charge in [-0.2, -0.15) is 0 Å². The lowest BCUT2D eigenvalue weighted by Crippen LogP contribution is -2.16. The van der Waals surface area contributed by atoms with E-state index in [4.69, 9.17) is 15.2 Å². The Labute approximate surface area is 104 Å². The number of rotatable bonds is 4. The van der Waals surface area contributed by atoms with E-state index in [-0.39, 0.29) is 5.25 Å². The molecule has 1 aromatic carbocycles. The third-order valence-corrected chi connectivity index (χ3v) is 4.47. The molecular weight excluding hydrogens is 238 g/mol.